The molecule has 0 spiro atoms. The number of hydrogen-bond donors (Lipinski definition) is 1. The normalized spacial score (nSPS) is 9.94. The van der Waals surface area contributed by atoms with Gasteiger partial charge in [-0.3, -0.25) is 4.79 Å². The number of nitrogen functional groups attached to an aromatic ring is 1. The summed E-state index contributed by atoms with van der Waals surface area (Å²) in [7, 11) is 1.83. The van der Waals surface area contributed by atoms with Crippen molar-refractivity contribution in [3.63, 3.8) is 0 Å². The van der Waals surface area contributed by atoms with Crippen LogP contribution in [0.5, 0.6) is 0 Å². The molecule has 1 aromatic carbocycles. The minimum Gasteiger partial charge on any atom is -0.399 e. The molecule has 0 radical (unpaired) electrons. The summed E-state index contributed by atoms with van der Waals surface area (Å²) in [5.41, 5.74) is 7.33. The second-order valence-electron chi connectivity index (χ2n) is 4.17. The lowest BCUT2D eigenvalue weighted by molar-refractivity contribution is -0.129. The van der Waals surface area contributed by atoms with E-state index in [-0.39, 0.29) is 5.91 Å². The van der Waals surface area contributed by atoms with Gasteiger partial charge in [0, 0.05) is 19.3 Å². The first-order chi connectivity index (χ1) is 8.13. The lowest BCUT2D eigenvalue weighted by Gasteiger charge is -2.16. The van der Waals surface area contributed by atoms with Gasteiger partial charge in [0.05, 0.1) is 6.42 Å². The van der Waals surface area contributed by atoms with Crippen LogP contribution >= 0.6 is 0 Å². The van der Waals surface area contributed by atoms with Crippen LogP contribution in [-0.4, -0.2) is 24.4 Å². The number of hydrogen-bond acceptors (Lipinski definition) is 2. The summed E-state index contributed by atoms with van der Waals surface area (Å²) in [4.78, 5) is 13.6. The van der Waals surface area contributed by atoms with Crippen molar-refractivity contribution in [2.45, 2.75) is 19.3 Å². The van der Waals surface area contributed by atoms with Crippen molar-refractivity contribution < 1.29 is 4.79 Å². The maximum absolute atomic E-state index is 11.9. The molecule has 0 fully saturated rings. The molecule has 0 aromatic heterocycles. The zero-order valence-corrected chi connectivity index (χ0v) is 10.4. The Balaban J connectivity index is 2.45. The van der Waals surface area contributed by atoms with Crippen molar-refractivity contribution in [1.82, 2.24) is 4.90 Å². The summed E-state index contributed by atoms with van der Waals surface area (Å²) < 4.78 is 0. The third kappa shape index (κ3) is 4.72. The highest BCUT2D eigenvalue weighted by atomic mass is 16.2. The Kier molecular flexibility index (Phi) is 5.27. The second kappa shape index (κ2) is 6.74. The summed E-state index contributed by atoms with van der Waals surface area (Å²) in [5.74, 6) is 0.125. The lowest BCUT2D eigenvalue weighted by Crippen LogP contribution is -2.29. The first kappa shape index (κ1) is 13.3. The molecule has 1 rings (SSSR count). The molecule has 0 unspecified atom stereocenters. The number of carbonyl (C=O) groups is 1. The van der Waals surface area contributed by atoms with Crippen LogP contribution in [-0.2, 0) is 11.2 Å². The van der Waals surface area contributed by atoms with Crippen LogP contribution in [0.2, 0.25) is 0 Å². The lowest BCUT2D eigenvalue weighted by atomic mass is 10.1. The Labute approximate surface area is 103 Å². The zero-order valence-electron chi connectivity index (χ0n) is 10.4. The molecule has 0 bridgehead atoms. The van der Waals surface area contributed by atoms with E-state index in [1.54, 1.807) is 4.90 Å². The zero-order chi connectivity index (χ0) is 12.7. The Morgan fingerprint density at radius 3 is 2.94 bits per heavy atom. The third-order valence-electron chi connectivity index (χ3n) is 2.63. The standard InChI is InChI=1S/C14H20N2O/c1-3-4-5-9-16(2)14(17)11-12-7-6-8-13(15)10-12/h3,6-8,10H,1,4-5,9,11,15H2,2H3. The van der Waals surface area contributed by atoms with Crippen molar-refractivity contribution in [3.8, 4) is 0 Å². The molecule has 3 heteroatoms. The van der Waals surface area contributed by atoms with Crippen molar-refractivity contribution in [3.05, 3.63) is 42.5 Å². The number of nitrogens with zero attached hydrogens (tertiary/aromatic N) is 1. The van der Waals surface area contributed by atoms with Gasteiger partial charge >= 0.3 is 0 Å². The first-order valence-corrected chi connectivity index (χ1v) is 5.82. The van der Waals surface area contributed by atoms with Gasteiger partial charge in [0.15, 0.2) is 0 Å². The Morgan fingerprint density at radius 1 is 1.53 bits per heavy atom. The fraction of sp³-hybridized carbons (Fsp3) is 0.357. The van der Waals surface area contributed by atoms with Gasteiger partial charge in [-0.05, 0) is 30.5 Å². The molecule has 3 nitrogen and oxygen atoms in total. The molecule has 0 atom stereocenters. The van der Waals surface area contributed by atoms with Gasteiger partial charge in [-0.15, -0.1) is 6.58 Å². The maximum atomic E-state index is 11.9. The number of allylic oxidation sites excluding steroid dienone is 1. The predicted molar refractivity (Wildman–Crippen MR) is 71.6 cm³/mol. The van der Waals surface area contributed by atoms with E-state index in [1.165, 1.54) is 0 Å². The fourth-order valence-electron chi connectivity index (χ4n) is 1.61. The summed E-state index contributed by atoms with van der Waals surface area (Å²) in [6.45, 7) is 4.43. The van der Waals surface area contributed by atoms with Gasteiger partial charge in [-0.2, -0.15) is 0 Å². The van der Waals surface area contributed by atoms with Gasteiger partial charge in [0.25, 0.3) is 0 Å². The van der Waals surface area contributed by atoms with Crippen LogP contribution in [0.25, 0.3) is 0 Å². The molecule has 0 saturated carbocycles. The first-order valence-electron chi connectivity index (χ1n) is 5.82. The second-order valence-corrected chi connectivity index (χ2v) is 4.17. The number of anilines is 1. The Hall–Kier alpha value is -1.77. The van der Waals surface area contributed by atoms with E-state index in [9.17, 15) is 4.79 Å². The number of benzene rings is 1. The molecular weight excluding hydrogens is 212 g/mol. The highest BCUT2D eigenvalue weighted by molar-refractivity contribution is 5.78. The average molecular weight is 232 g/mol. The minimum atomic E-state index is 0.125. The predicted octanol–water partition coefficient (Wildman–Crippen LogP) is 2.24. The van der Waals surface area contributed by atoms with Crippen LogP contribution in [0.4, 0.5) is 5.69 Å². The molecule has 0 aliphatic rings. The molecular formula is C14H20N2O. The fourth-order valence-corrected chi connectivity index (χ4v) is 1.61. The highest BCUT2D eigenvalue weighted by Gasteiger charge is 2.08. The Morgan fingerprint density at radius 2 is 2.29 bits per heavy atom. The van der Waals surface area contributed by atoms with Gasteiger partial charge in [-0.1, -0.05) is 18.2 Å². The quantitative estimate of drug-likeness (QED) is 0.464. The number of likely N-dealkylation sites (N-methyl/N-ethyl adjacent to an activating group) is 1. The topological polar surface area (TPSA) is 46.3 Å². The van der Waals surface area contributed by atoms with Gasteiger partial charge in [0.2, 0.25) is 5.91 Å². The van der Waals surface area contributed by atoms with Crippen molar-refractivity contribution in [2.24, 2.45) is 0 Å². The number of nitrogens with two attached hydrogens (primary N) is 1. The van der Waals surface area contributed by atoms with Crippen LogP contribution in [0.3, 0.4) is 0 Å². The van der Waals surface area contributed by atoms with E-state index in [2.05, 4.69) is 6.58 Å². The summed E-state index contributed by atoms with van der Waals surface area (Å²) >= 11 is 0. The SMILES string of the molecule is C=CCCCN(C)C(=O)Cc1cccc(N)c1. The summed E-state index contributed by atoms with van der Waals surface area (Å²) in [6.07, 6.45) is 4.18. The van der Waals surface area contributed by atoms with E-state index in [0.29, 0.717) is 12.1 Å². The van der Waals surface area contributed by atoms with E-state index >= 15 is 0 Å². The third-order valence-corrected chi connectivity index (χ3v) is 2.63. The van der Waals surface area contributed by atoms with Crippen LogP contribution in [0.1, 0.15) is 18.4 Å². The molecule has 17 heavy (non-hydrogen) atoms. The number of amides is 1. The van der Waals surface area contributed by atoms with Gasteiger partial charge < -0.3 is 10.6 Å². The maximum Gasteiger partial charge on any atom is 0.226 e. The molecule has 1 aromatic rings. The molecule has 0 aliphatic carbocycles. The van der Waals surface area contributed by atoms with E-state index in [0.717, 1.165) is 24.9 Å². The number of rotatable bonds is 6. The molecule has 1 amide bonds. The molecule has 2 N–H and O–H groups in total. The molecule has 92 valence electrons. The number of unbranched alkanes of at least 4 members (excludes halogenated alkanes) is 1. The van der Waals surface area contributed by atoms with E-state index in [4.69, 9.17) is 5.73 Å². The Bertz CT molecular complexity index is 388. The van der Waals surface area contributed by atoms with Gasteiger partial charge in [0.1, 0.15) is 0 Å². The molecule has 0 aliphatic heterocycles. The van der Waals surface area contributed by atoms with E-state index < -0.39 is 0 Å². The smallest absolute Gasteiger partial charge is 0.226 e. The van der Waals surface area contributed by atoms with Crippen molar-refractivity contribution >= 4 is 11.6 Å². The van der Waals surface area contributed by atoms with Gasteiger partial charge in [-0.25, -0.2) is 0 Å². The van der Waals surface area contributed by atoms with Crippen molar-refractivity contribution in [2.75, 3.05) is 19.3 Å². The molecule has 0 saturated heterocycles. The monoisotopic (exact) mass is 232 g/mol. The number of carbonyl (C=O) groups excluding carboxylic acids is 1. The van der Waals surface area contributed by atoms with E-state index in [1.807, 2.05) is 37.4 Å². The molecule has 0 heterocycles. The summed E-state index contributed by atoms with van der Waals surface area (Å²) in [5, 5.41) is 0. The highest BCUT2D eigenvalue weighted by Crippen LogP contribution is 2.08. The van der Waals surface area contributed by atoms with Crippen molar-refractivity contribution in [1.29, 1.82) is 0 Å². The average Bonchev–Trinajstić information content (AvgIpc) is 2.29. The summed E-state index contributed by atoms with van der Waals surface area (Å²) in [6, 6.07) is 7.46. The van der Waals surface area contributed by atoms with Crippen LogP contribution in [0.15, 0.2) is 36.9 Å². The minimum absolute atomic E-state index is 0.125. The van der Waals surface area contributed by atoms with Crippen LogP contribution in [0, 0.1) is 0 Å². The largest absolute Gasteiger partial charge is 0.399 e. The van der Waals surface area contributed by atoms with Crippen LogP contribution < -0.4 is 5.73 Å².